The van der Waals surface area contributed by atoms with E-state index in [0.29, 0.717) is 6.04 Å². The Labute approximate surface area is 91.9 Å². The monoisotopic (exact) mass is 262 g/mol. The highest BCUT2D eigenvalue weighted by molar-refractivity contribution is 9.10. The number of rotatable bonds is 5. The van der Waals surface area contributed by atoms with E-state index in [4.69, 9.17) is 0 Å². The summed E-state index contributed by atoms with van der Waals surface area (Å²) in [6, 6.07) is 0.352. The van der Waals surface area contributed by atoms with Gasteiger partial charge in [-0.25, -0.2) is 0 Å². The van der Waals surface area contributed by atoms with E-state index >= 15 is 0 Å². The summed E-state index contributed by atoms with van der Waals surface area (Å²) in [6.07, 6.45) is 2.85. The number of hydrogen-bond donors (Lipinski definition) is 2. The summed E-state index contributed by atoms with van der Waals surface area (Å²) < 4.78 is 0. The lowest BCUT2D eigenvalue weighted by atomic mass is 10.3. The Bertz CT molecular complexity index is 229. The fourth-order valence-corrected chi connectivity index (χ4v) is 1.13. The van der Waals surface area contributed by atoms with E-state index in [1.807, 2.05) is 6.92 Å². The van der Waals surface area contributed by atoms with Gasteiger partial charge in [-0.3, -0.25) is 9.59 Å². The number of carbonyl (C=O) groups excluding carboxylic acids is 2. The molecule has 2 N–H and O–H groups in total. The van der Waals surface area contributed by atoms with Crippen molar-refractivity contribution in [3.63, 3.8) is 0 Å². The van der Waals surface area contributed by atoms with Gasteiger partial charge >= 0.3 is 0 Å². The normalized spacial score (nSPS) is 17.3. The SMILES string of the molecule is CCC(Br)C(=O)NCC(=O)NC1CC1. The first kappa shape index (κ1) is 11.5. The van der Waals surface area contributed by atoms with Crippen molar-refractivity contribution >= 4 is 27.7 Å². The van der Waals surface area contributed by atoms with Crippen LogP contribution in [0.3, 0.4) is 0 Å². The zero-order valence-corrected chi connectivity index (χ0v) is 9.76. The smallest absolute Gasteiger partial charge is 0.239 e. The number of nitrogens with one attached hydrogen (secondary N) is 2. The molecular formula is C9H15BrN2O2. The van der Waals surface area contributed by atoms with Crippen molar-refractivity contribution in [1.29, 1.82) is 0 Å². The lowest BCUT2D eigenvalue weighted by Crippen LogP contribution is -2.40. The molecule has 1 atom stereocenters. The van der Waals surface area contributed by atoms with Gasteiger partial charge in [0.1, 0.15) is 0 Å². The standard InChI is InChI=1S/C9H15BrN2O2/c1-2-7(10)9(14)11-5-8(13)12-6-3-4-6/h6-7H,2-5H2,1H3,(H,11,14)(H,12,13). The molecule has 5 heteroatoms. The highest BCUT2D eigenvalue weighted by Gasteiger charge is 2.23. The van der Waals surface area contributed by atoms with Crippen molar-refractivity contribution in [2.75, 3.05) is 6.54 Å². The molecule has 0 bridgehead atoms. The molecule has 1 aliphatic carbocycles. The first-order chi connectivity index (χ1) is 6.63. The third kappa shape index (κ3) is 4.09. The molecule has 1 fully saturated rings. The number of alkyl halides is 1. The molecule has 0 saturated heterocycles. The molecule has 4 nitrogen and oxygen atoms in total. The van der Waals surface area contributed by atoms with Crippen LogP contribution < -0.4 is 10.6 Å². The van der Waals surface area contributed by atoms with Crippen LogP contribution in [0, 0.1) is 0 Å². The topological polar surface area (TPSA) is 58.2 Å². The first-order valence-electron chi connectivity index (χ1n) is 4.84. The van der Waals surface area contributed by atoms with Crippen molar-refractivity contribution in [1.82, 2.24) is 10.6 Å². The van der Waals surface area contributed by atoms with Crippen molar-refractivity contribution in [2.24, 2.45) is 0 Å². The maximum absolute atomic E-state index is 11.2. The summed E-state index contributed by atoms with van der Waals surface area (Å²) in [5.41, 5.74) is 0. The highest BCUT2D eigenvalue weighted by Crippen LogP contribution is 2.18. The average molecular weight is 263 g/mol. The van der Waals surface area contributed by atoms with Gasteiger partial charge < -0.3 is 10.6 Å². The van der Waals surface area contributed by atoms with Crippen LogP contribution in [0.4, 0.5) is 0 Å². The molecule has 1 rings (SSSR count). The quantitative estimate of drug-likeness (QED) is 0.712. The van der Waals surface area contributed by atoms with Crippen LogP contribution in [-0.4, -0.2) is 29.2 Å². The van der Waals surface area contributed by atoms with Gasteiger partial charge in [0.25, 0.3) is 0 Å². The largest absolute Gasteiger partial charge is 0.352 e. The van der Waals surface area contributed by atoms with E-state index in [0.717, 1.165) is 19.3 Å². The van der Waals surface area contributed by atoms with Crippen LogP contribution >= 0.6 is 15.9 Å². The Morgan fingerprint density at radius 3 is 2.64 bits per heavy atom. The van der Waals surface area contributed by atoms with Gasteiger partial charge in [-0.15, -0.1) is 0 Å². The van der Waals surface area contributed by atoms with Crippen LogP contribution in [-0.2, 0) is 9.59 Å². The summed E-state index contributed by atoms with van der Waals surface area (Å²) in [7, 11) is 0. The van der Waals surface area contributed by atoms with Gasteiger partial charge in [0.2, 0.25) is 11.8 Å². The minimum absolute atomic E-state index is 0.0808. The molecule has 0 heterocycles. The second-order valence-electron chi connectivity index (χ2n) is 3.44. The maximum Gasteiger partial charge on any atom is 0.239 e. The minimum atomic E-state index is -0.198. The Balaban J connectivity index is 2.11. The molecule has 0 aliphatic heterocycles. The van der Waals surface area contributed by atoms with E-state index in [-0.39, 0.29) is 23.2 Å². The molecule has 1 aliphatic rings. The van der Waals surface area contributed by atoms with E-state index in [1.165, 1.54) is 0 Å². The molecule has 14 heavy (non-hydrogen) atoms. The van der Waals surface area contributed by atoms with Crippen molar-refractivity contribution in [2.45, 2.75) is 37.1 Å². The van der Waals surface area contributed by atoms with Gasteiger partial charge in [-0.1, -0.05) is 22.9 Å². The summed E-state index contributed by atoms with van der Waals surface area (Å²) in [6.45, 7) is 1.99. The Morgan fingerprint density at radius 1 is 1.50 bits per heavy atom. The van der Waals surface area contributed by atoms with E-state index in [2.05, 4.69) is 26.6 Å². The Kier molecular flexibility index (Phi) is 4.38. The van der Waals surface area contributed by atoms with E-state index < -0.39 is 0 Å². The Morgan fingerprint density at radius 2 is 2.14 bits per heavy atom. The van der Waals surface area contributed by atoms with Gasteiger partial charge in [0.15, 0.2) is 0 Å². The van der Waals surface area contributed by atoms with Gasteiger partial charge in [-0.2, -0.15) is 0 Å². The Hall–Kier alpha value is -0.580. The third-order valence-corrected chi connectivity index (χ3v) is 3.07. The first-order valence-corrected chi connectivity index (χ1v) is 5.76. The molecule has 0 aromatic rings. The molecule has 1 saturated carbocycles. The third-order valence-electron chi connectivity index (χ3n) is 2.01. The lowest BCUT2D eigenvalue weighted by molar-refractivity contribution is -0.125. The van der Waals surface area contributed by atoms with Crippen molar-refractivity contribution in [3.8, 4) is 0 Å². The summed E-state index contributed by atoms with van der Waals surface area (Å²) in [5.74, 6) is -0.227. The van der Waals surface area contributed by atoms with E-state index in [1.54, 1.807) is 0 Å². The minimum Gasteiger partial charge on any atom is -0.352 e. The number of carbonyl (C=O) groups is 2. The molecule has 80 valence electrons. The predicted molar refractivity (Wildman–Crippen MR) is 57.2 cm³/mol. The highest BCUT2D eigenvalue weighted by atomic mass is 79.9. The molecule has 0 aromatic heterocycles. The zero-order chi connectivity index (χ0) is 10.6. The van der Waals surface area contributed by atoms with Crippen LogP contribution in [0.2, 0.25) is 0 Å². The molecular weight excluding hydrogens is 248 g/mol. The molecule has 0 aromatic carbocycles. The van der Waals surface area contributed by atoms with Gasteiger partial charge in [0.05, 0.1) is 11.4 Å². The van der Waals surface area contributed by atoms with Gasteiger partial charge in [-0.05, 0) is 19.3 Å². The number of halogens is 1. The maximum atomic E-state index is 11.2. The van der Waals surface area contributed by atoms with Crippen LogP contribution in [0.15, 0.2) is 0 Å². The lowest BCUT2D eigenvalue weighted by Gasteiger charge is -2.08. The summed E-state index contributed by atoms with van der Waals surface area (Å²) in [5, 5.41) is 5.37. The molecule has 1 unspecified atom stereocenters. The zero-order valence-electron chi connectivity index (χ0n) is 8.18. The fraction of sp³-hybridized carbons (Fsp3) is 0.778. The molecule has 2 amide bonds. The predicted octanol–water partition coefficient (Wildman–Crippen LogP) is 0.555. The van der Waals surface area contributed by atoms with Gasteiger partial charge in [0, 0.05) is 6.04 Å². The second kappa shape index (κ2) is 5.34. The second-order valence-corrected chi connectivity index (χ2v) is 4.54. The van der Waals surface area contributed by atoms with Crippen LogP contribution in [0.5, 0.6) is 0 Å². The number of amides is 2. The molecule has 0 spiro atoms. The summed E-state index contributed by atoms with van der Waals surface area (Å²) in [4.78, 5) is 22.2. The van der Waals surface area contributed by atoms with Crippen LogP contribution in [0.25, 0.3) is 0 Å². The van der Waals surface area contributed by atoms with Crippen molar-refractivity contribution in [3.05, 3.63) is 0 Å². The average Bonchev–Trinajstić information content (AvgIpc) is 2.96. The van der Waals surface area contributed by atoms with Crippen LogP contribution in [0.1, 0.15) is 26.2 Å². The fourth-order valence-electron chi connectivity index (χ4n) is 0.970. The number of hydrogen-bond acceptors (Lipinski definition) is 2. The summed E-state index contributed by atoms with van der Waals surface area (Å²) >= 11 is 3.21. The van der Waals surface area contributed by atoms with Crippen molar-refractivity contribution < 1.29 is 9.59 Å². The van der Waals surface area contributed by atoms with E-state index in [9.17, 15) is 9.59 Å². The molecule has 0 radical (unpaired) electrons.